The average molecular weight is 242 g/mol. The van der Waals surface area contributed by atoms with Gasteiger partial charge in [-0.3, -0.25) is 0 Å². The van der Waals surface area contributed by atoms with Gasteiger partial charge in [-0.15, -0.1) is 0 Å². The molecule has 0 aromatic heterocycles. The molecule has 2 rings (SSSR count). The highest BCUT2D eigenvalue weighted by Crippen LogP contribution is 2.32. The van der Waals surface area contributed by atoms with E-state index in [1.165, 1.54) is 0 Å². The maximum atomic E-state index is 5.81. The topological polar surface area (TPSA) is 61.3 Å². The molecule has 0 bridgehead atoms. The first-order valence-corrected chi connectivity index (χ1v) is 5.98. The number of nitrogens with two attached hydrogens (primary N) is 2. The van der Waals surface area contributed by atoms with E-state index in [2.05, 4.69) is 0 Å². The maximum Gasteiger partial charge on any atom is 0.129 e. The lowest BCUT2D eigenvalue weighted by Gasteiger charge is -2.15. The molecule has 2 aromatic carbocycles. The first-order chi connectivity index (χ1) is 8.56. The van der Waals surface area contributed by atoms with Gasteiger partial charge < -0.3 is 16.2 Å². The minimum absolute atomic E-state index is 0.110. The second-order valence-corrected chi connectivity index (χ2v) is 4.54. The van der Waals surface area contributed by atoms with E-state index in [1.807, 2.05) is 56.3 Å². The van der Waals surface area contributed by atoms with Gasteiger partial charge in [0.2, 0.25) is 0 Å². The van der Waals surface area contributed by atoms with E-state index in [4.69, 9.17) is 16.2 Å². The van der Waals surface area contributed by atoms with Crippen LogP contribution in [0.4, 0.5) is 11.4 Å². The first kappa shape index (κ1) is 12.3. The zero-order chi connectivity index (χ0) is 13.1. The van der Waals surface area contributed by atoms with Crippen molar-refractivity contribution in [3.63, 3.8) is 0 Å². The van der Waals surface area contributed by atoms with E-state index in [0.29, 0.717) is 5.69 Å². The maximum absolute atomic E-state index is 5.81. The van der Waals surface area contributed by atoms with Crippen molar-refractivity contribution in [3.05, 3.63) is 42.5 Å². The number of rotatable bonds is 3. The van der Waals surface area contributed by atoms with Crippen molar-refractivity contribution < 1.29 is 4.74 Å². The van der Waals surface area contributed by atoms with Crippen LogP contribution < -0.4 is 16.2 Å². The third-order valence-corrected chi connectivity index (χ3v) is 2.59. The van der Waals surface area contributed by atoms with Gasteiger partial charge in [0, 0.05) is 23.0 Å². The van der Waals surface area contributed by atoms with Crippen molar-refractivity contribution in [3.8, 4) is 16.9 Å². The van der Waals surface area contributed by atoms with E-state index in [0.717, 1.165) is 22.6 Å². The summed E-state index contributed by atoms with van der Waals surface area (Å²) in [4.78, 5) is 0. The fourth-order valence-electron chi connectivity index (χ4n) is 1.79. The second kappa shape index (κ2) is 5.00. The van der Waals surface area contributed by atoms with Gasteiger partial charge in [-0.05, 0) is 43.7 Å². The summed E-state index contributed by atoms with van der Waals surface area (Å²) >= 11 is 0. The standard InChI is InChI=1S/C15H18N2O/c1-10(2)18-15-9-13(17)7-8-14(15)11-3-5-12(16)6-4-11/h3-10H,16-17H2,1-2H3. The molecule has 4 N–H and O–H groups in total. The molecule has 0 saturated heterocycles. The Labute approximate surface area is 107 Å². The Bertz CT molecular complexity index is 533. The van der Waals surface area contributed by atoms with Gasteiger partial charge in [0.05, 0.1) is 6.10 Å². The highest BCUT2D eigenvalue weighted by molar-refractivity contribution is 5.74. The Morgan fingerprint density at radius 3 is 2.11 bits per heavy atom. The molecule has 0 saturated carbocycles. The third kappa shape index (κ3) is 2.74. The zero-order valence-corrected chi connectivity index (χ0v) is 10.7. The summed E-state index contributed by atoms with van der Waals surface area (Å²) in [6, 6.07) is 13.4. The van der Waals surface area contributed by atoms with E-state index in [9.17, 15) is 0 Å². The zero-order valence-electron chi connectivity index (χ0n) is 10.7. The highest BCUT2D eigenvalue weighted by Gasteiger charge is 2.08. The quantitative estimate of drug-likeness (QED) is 0.812. The van der Waals surface area contributed by atoms with Crippen LogP contribution in [0.2, 0.25) is 0 Å². The Balaban J connectivity index is 2.45. The van der Waals surface area contributed by atoms with Crippen LogP contribution in [0.15, 0.2) is 42.5 Å². The van der Waals surface area contributed by atoms with E-state index in [-0.39, 0.29) is 6.10 Å². The van der Waals surface area contributed by atoms with Gasteiger partial charge >= 0.3 is 0 Å². The van der Waals surface area contributed by atoms with Crippen LogP contribution in [0.1, 0.15) is 13.8 Å². The molecule has 0 unspecified atom stereocenters. The Hall–Kier alpha value is -2.16. The van der Waals surface area contributed by atoms with Crippen LogP contribution in [0.25, 0.3) is 11.1 Å². The predicted molar refractivity (Wildman–Crippen MR) is 76.5 cm³/mol. The molecule has 0 spiro atoms. The monoisotopic (exact) mass is 242 g/mol. The lowest BCUT2D eigenvalue weighted by Crippen LogP contribution is -2.07. The third-order valence-electron chi connectivity index (χ3n) is 2.59. The molecule has 3 nitrogen and oxygen atoms in total. The van der Waals surface area contributed by atoms with Crippen molar-refractivity contribution in [1.29, 1.82) is 0 Å². The molecule has 0 atom stereocenters. The van der Waals surface area contributed by atoms with Crippen molar-refractivity contribution in [2.75, 3.05) is 11.5 Å². The molecule has 0 aliphatic heterocycles. The minimum atomic E-state index is 0.110. The van der Waals surface area contributed by atoms with Crippen molar-refractivity contribution in [2.24, 2.45) is 0 Å². The smallest absolute Gasteiger partial charge is 0.129 e. The first-order valence-electron chi connectivity index (χ1n) is 5.98. The summed E-state index contributed by atoms with van der Waals surface area (Å²) in [5, 5.41) is 0. The molecule has 94 valence electrons. The number of benzene rings is 2. The summed E-state index contributed by atoms with van der Waals surface area (Å²) in [6.45, 7) is 3.99. The molecule has 0 aliphatic rings. The second-order valence-electron chi connectivity index (χ2n) is 4.54. The number of hydrogen-bond donors (Lipinski definition) is 2. The van der Waals surface area contributed by atoms with Crippen LogP contribution >= 0.6 is 0 Å². The van der Waals surface area contributed by atoms with Crippen molar-refractivity contribution in [2.45, 2.75) is 20.0 Å². The number of ether oxygens (including phenoxy) is 1. The van der Waals surface area contributed by atoms with Crippen LogP contribution in [-0.4, -0.2) is 6.10 Å². The van der Waals surface area contributed by atoms with Gasteiger partial charge in [-0.25, -0.2) is 0 Å². The SMILES string of the molecule is CC(C)Oc1cc(N)ccc1-c1ccc(N)cc1. The average Bonchev–Trinajstić information content (AvgIpc) is 2.30. The van der Waals surface area contributed by atoms with Crippen LogP contribution in [-0.2, 0) is 0 Å². The summed E-state index contributed by atoms with van der Waals surface area (Å²) < 4.78 is 5.80. The van der Waals surface area contributed by atoms with Gasteiger partial charge in [0.1, 0.15) is 5.75 Å². The van der Waals surface area contributed by atoms with Crippen LogP contribution in [0.3, 0.4) is 0 Å². The summed E-state index contributed by atoms with van der Waals surface area (Å²) in [6.07, 6.45) is 0.110. The van der Waals surface area contributed by atoms with E-state index < -0.39 is 0 Å². The Morgan fingerprint density at radius 2 is 1.50 bits per heavy atom. The number of nitrogen functional groups attached to an aromatic ring is 2. The van der Waals surface area contributed by atoms with Gasteiger partial charge in [-0.2, -0.15) is 0 Å². The molecule has 0 heterocycles. The summed E-state index contributed by atoms with van der Waals surface area (Å²) in [5.74, 6) is 0.801. The van der Waals surface area contributed by atoms with Crippen LogP contribution in [0.5, 0.6) is 5.75 Å². The minimum Gasteiger partial charge on any atom is -0.490 e. The molecule has 0 amide bonds. The Morgan fingerprint density at radius 1 is 0.889 bits per heavy atom. The van der Waals surface area contributed by atoms with Crippen molar-refractivity contribution in [1.82, 2.24) is 0 Å². The summed E-state index contributed by atoms with van der Waals surface area (Å²) in [7, 11) is 0. The predicted octanol–water partition coefficient (Wildman–Crippen LogP) is 3.31. The molecule has 3 heteroatoms. The molecule has 18 heavy (non-hydrogen) atoms. The van der Waals surface area contributed by atoms with Crippen LogP contribution in [0, 0.1) is 0 Å². The highest BCUT2D eigenvalue weighted by atomic mass is 16.5. The lowest BCUT2D eigenvalue weighted by molar-refractivity contribution is 0.243. The molecule has 0 radical (unpaired) electrons. The largest absolute Gasteiger partial charge is 0.490 e. The number of hydrogen-bond acceptors (Lipinski definition) is 3. The van der Waals surface area contributed by atoms with Gasteiger partial charge in [0.15, 0.2) is 0 Å². The normalized spacial score (nSPS) is 10.6. The fourth-order valence-corrected chi connectivity index (χ4v) is 1.79. The van der Waals surface area contributed by atoms with Gasteiger partial charge in [0.25, 0.3) is 0 Å². The van der Waals surface area contributed by atoms with E-state index in [1.54, 1.807) is 0 Å². The van der Waals surface area contributed by atoms with Crippen molar-refractivity contribution >= 4 is 11.4 Å². The van der Waals surface area contributed by atoms with Gasteiger partial charge in [-0.1, -0.05) is 12.1 Å². The molecule has 2 aromatic rings. The summed E-state index contributed by atoms with van der Waals surface area (Å²) in [5.41, 5.74) is 15.0. The molecule has 0 aliphatic carbocycles. The van der Waals surface area contributed by atoms with E-state index >= 15 is 0 Å². The lowest BCUT2D eigenvalue weighted by atomic mass is 10.0. The molecular formula is C15H18N2O. The fraction of sp³-hybridized carbons (Fsp3) is 0.200. The molecular weight excluding hydrogens is 224 g/mol. The Kier molecular flexibility index (Phi) is 3.42. The molecule has 0 fully saturated rings. The number of anilines is 2.